The Balaban J connectivity index is 2.02. The summed E-state index contributed by atoms with van der Waals surface area (Å²) in [6.45, 7) is 2.27. The second-order valence-electron chi connectivity index (χ2n) is 8.83. The molecule has 0 radical (unpaired) electrons. The van der Waals surface area contributed by atoms with Gasteiger partial charge in [0.15, 0.2) is 11.5 Å². The van der Waals surface area contributed by atoms with Gasteiger partial charge in [0.2, 0.25) is 20.0 Å². The largest absolute Gasteiger partial charge is 0.493 e. The van der Waals surface area contributed by atoms with Crippen LogP contribution in [0.4, 0.5) is 0 Å². The summed E-state index contributed by atoms with van der Waals surface area (Å²) in [5, 5.41) is 0. The van der Waals surface area contributed by atoms with Crippen LogP contribution in [0.3, 0.4) is 0 Å². The molecule has 2 aromatic rings. The van der Waals surface area contributed by atoms with E-state index in [4.69, 9.17) is 9.47 Å². The lowest BCUT2D eigenvalue weighted by Gasteiger charge is -2.38. The topological polar surface area (TPSA) is 93.2 Å². The second kappa shape index (κ2) is 10.6. The van der Waals surface area contributed by atoms with E-state index in [9.17, 15) is 16.8 Å². The lowest BCUT2D eigenvalue weighted by atomic mass is 9.86. The molecule has 1 aliphatic carbocycles. The van der Waals surface area contributed by atoms with E-state index in [1.807, 2.05) is 6.07 Å². The first-order chi connectivity index (χ1) is 16.0. The van der Waals surface area contributed by atoms with Gasteiger partial charge in [-0.05, 0) is 60.7 Å². The van der Waals surface area contributed by atoms with Gasteiger partial charge in [-0.2, -0.15) is 4.31 Å². The molecular formula is C24H34N2O6S2. The molecule has 188 valence electrons. The van der Waals surface area contributed by atoms with E-state index in [1.165, 1.54) is 38.4 Å². The maximum atomic E-state index is 13.9. The van der Waals surface area contributed by atoms with Crippen LogP contribution in [0.15, 0.2) is 52.3 Å². The van der Waals surface area contributed by atoms with E-state index >= 15 is 0 Å². The van der Waals surface area contributed by atoms with Gasteiger partial charge in [0.1, 0.15) is 0 Å². The molecule has 0 aromatic heterocycles. The minimum atomic E-state index is -3.90. The molecule has 34 heavy (non-hydrogen) atoms. The van der Waals surface area contributed by atoms with Gasteiger partial charge in [-0.3, -0.25) is 0 Å². The van der Waals surface area contributed by atoms with Crippen molar-refractivity contribution in [1.29, 1.82) is 0 Å². The van der Waals surface area contributed by atoms with Gasteiger partial charge in [0.05, 0.1) is 24.0 Å². The standard InChI is InChI=1S/C24H34N2O6S2/c1-18-8-6-7-9-22(18)26(17-19-10-15-23(31-4)24(16-19)32-5)34(29,30)21-13-11-20(12-14-21)33(27,28)25(2)3/h10-16,18,22H,6-9,17H2,1-5H3/t18-,22+/m0/s1. The highest BCUT2D eigenvalue weighted by molar-refractivity contribution is 7.89. The summed E-state index contributed by atoms with van der Waals surface area (Å²) < 4.78 is 65.9. The normalized spacial score (nSPS) is 19.4. The molecule has 0 unspecified atom stereocenters. The zero-order valence-electron chi connectivity index (χ0n) is 20.4. The SMILES string of the molecule is COc1ccc(CN([C@@H]2CCCC[C@@H]2C)S(=O)(=O)c2ccc(S(=O)(=O)N(C)C)cc2)cc1OC. The minimum Gasteiger partial charge on any atom is -0.493 e. The van der Waals surface area contributed by atoms with Crippen molar-refractivity contribution in [2.75, 3.05) is 28.3 Å². The first-order valence-corrected chi connectivity index (χ1v) is 14.2. The van der Waals surface area contributed by atoms with Gasteiger partial charge < -0.3 is 9.47 Å². The van der Waals surface area contributed by atoms with Crippen molar-refractivity contribution in [3.63, 3.8) is 0 Å². The van der Waals surface area contributed by atoms with Gasteiger partial charge in [-0.25, -0.2) is 21.1 Å². The third kappa shape index (κ3) is 5.40. The smallest absolute Gasteiger partial charge is 0.243 e. The summed E-state index contributed by atoms with van der Waals surface area (Å²) in [7, 11) is -1.57. The monoisotopic (exact) mass is 510 g/mol. The van der Waals surface area contributed by atoms with Gasteiger partial charge >= 0.3 is 0 Å². The summed E-state index contributed by atoms with van der Waals surface area (Å²) in [6, 6.07) is 10.7. The van der Waals surface area contributed by atoms with Crippen LogP contribution in [-0.4, -0.2) is 59.8 Å². The average Bonchev–Trinajstić information content (AvgIpc) is 2.82. The maximum absolute atomic E-state index is 13.9. The fourth-order valence-electron chi connectivity index (χ4n) is 4.39. The molecule has 1 fully saturated rings. The summed E-state index contributed by atoms with van der Waals surface area (Å²) in [5.74, 6) is 1.31. The highest BCUT2D eigenvalue weighted by atomic mass is 32.2. The summed E-state index contributed by atoms with van der Waals surface area (Å²) >= 11 is 0. The first kappa shape index (κ1) is 26.5. The quantitative estimate of drug-likeness (QED) is 0.510. The summed E-state index contributed by atoms with van der Waals surface area (Å²) in [6.07, 6.45) is 3.79. The molecule has 0 aliphatic heterocycles. The van der Waals surface area contributed by atoms with Crippen LogP contribution in [0.5, 0.6) is 11.5 Å². The Hall–Kier alpha value is -2.14. The molecule has 0 bridgehead atoms. The van der Waals surface area contributed by atoms with Crippen LogP contribution < -0.4 is 9.47 Å². The third-order valence-corrected chi connectivity index (χ3v) is 10.1. The number of nitrogens with zero attached hydrogens (tertiary/aromatic N) is 2. The molecule has 0 heterocycles. The fourth-order valence-corrected chi connectivity index (χ4v) is 7.03. The molecule has 0 spiro atoms. The van der Waals surface area contributed by atoms with E-state index in [2.05, 4.69) is 6.92 Å². The Kier molecular flexibility index (Phi) is 8.28. The van der Waals surface area contributed by atoms with Gasteiger partial charge in [0.25, 0.3) is 0 Å². The minimum absolute atomic E-state index is 0.0499. The van der Waals surface area contributed by atoms with E-state index in [0.717, 1.165) is 35.6 Å². The van der Waals surface area contributed by atoms with Crippen molar-refractivity contribution in [2.24, 2.45) is 5.92 Å². The molecule has 8 nitrogen and oxygen atoms in total. The zero-order valence-corrected chi connectivity index (χ0v) is 22.0. The van der Waals surface area contributed by atoms with Crippen LogP contribution in [0, 0.1) is 5.92 Å². The molecule has 0 amide bonds. The Morgan fingerprint density at radius 3 is 1.91 bits per heavy atom. The Labute approximate surface area is 203 Å². The van der Waals surface area contributed by atoms with Crippen molar-refractivity contribution in [2.45, 2.75) is 55.0 Å². The molecule has 1 aliphatic rings. The highest BCUT2D eigenvalue weighted by Crippen LogP contribution is 2.35. The number of hydrogen-bond acceptors (Lipinski definition) is 6. The summed E-state index contributed by atoms with van der Waals surface area (Å²) in [4.78, 5) is 0.123. The van der Waals surface area contributed by atoms with Crippen molar-refractivity contribution >= 4 is 20.0 Å². The Bertz CT molecular complexity index is 1190. The Morgan fingerprint density at radius 2 is 1.38 bits per heavy atom. The van der Waals surface area contributed by atoms with Crippen molar-refractivity contribution in [1.82, 2.24) is 8.61 Å². The maximum Gasteiger partial charge on any atom is 0.243 e. The van der Waals surface area contributed by atoms with Crippen LogP contribution in [-0.2, 0) is 26.6 Å². The van der Waals surface area contributed by atoms with Crippen LogP contribution in [0.1, 0.15) is 38.2 Å². The number of sulfonamides is 2. The predicted molar refractivity (Wildman–Crippen MR) is 131 cm³/mol. The molecular weight excluding hydrogens is 476 g/mol. The molecule has 3 rings (SSSR count). The lowest BCUT2D eigenvalue weighted by molar-refractivity contribution is 0.185. The number of methoxy groups -OCH3 is 2. The Morgan fingerprint density at radius 1 is 0.824 bits per heavy atom. The zero-order chi connectivity index (χ0) is 25.1. The number of ether oxygens (including phenoxy) is 2. The van der Waals surface area contributed by atoms with Crippen LogP contribution in [0.25, 0.3) is 0 Å². The summed E-state index contributed by atoms with van der Waals surface area (Å²) in [5.41, 5.74) is 0.783. The van der Waals surface area contributed by atoms with Gasteiger partial charge in [-0.1, -0.05) is 25.8 Å². The first-order valence-electron chi connectivity index (χ1n) is 11.3. The average molecular weight is 511 g/mol. The number of benzene rings is 2. The third-order valence-electron chi connectivity index (χ3n) is 6.43. The van der Waals surface area contributed by atoms with E-state index in [0.29, 0.717) is 11.5 Å². The number of hydrogen-bond donors (Lipinski definition) is 0. The van der Waals surface area contributed by atoms with E-state index < -0.39 is 20.0 Å². The second-order valence-corrected chi connectivity index (χ2v) is 12.9. The van der Waals surface area contributed by atoms with Gasteiger partial charge in [0, 0.05) is 26.7 Å². The van der Waals surface area contributed by atoms with E-state index in [-0.39, 0.29) is 28.3 Å². The lowest BCUT2D eigenvalue weighted by Crippen LogP contribution is -2.44. The van der Waals surface area contributed by atoms with Crippen molar-refractivity contribution in [3.05, 3.63) is 48.0 Å². The molecule has 2 aromatic carbocycles. The van der Waals surface area contributed by atoms with Crippen molar-refractivity contribution < 1.29 is 26.3 Å². The molecule has 10 heteroatoms. The molecule has 0 saturated heterocycles. The highest BCUT2D eigenvalue weighted by Gasteiger charge is 2.36. The molecule has 0 N–H and O–H groups in total. The van der Waals surface area contributed by atoms with Crippen LogP contribution in [0.2, 0.25) is 0 Å². The van der Waals surface area contributed by atoms with Crippen molar-refractivity contribution in [3.8, 4) is 11.5 Å². The molecule has 1 saturated carbocycles. The fraction of sp³-hybridized carbons (Fsp3) is 0.500. The van der Waals surface area contributed by atoms with E-state index in [1.54, 1.807) is 30.7 Å². The predicted octanol–water partition coefficient (Wildman–Crippen LogP) is 3.72. The van der Waals surface area contributed by atoms with Gasteiger partial charge in [-0.15, -0.1) is 0 Å². The molecule has 2 atom stereocenters. The van der Waals surface area contributed by atoms with Crippen LogP contribution >= 0.6 is 0 Å². The number of rotatable bonds is 9.